The number of nitrogens with zero attached hydrogens (tertiary/aromatic N) is 8. The van der Waals surface area contributed by atoms with Gasteiger partial charge in [0, 0.05) is 30.0 Å². The molecule has 1 aliphatic rings. The standard InChI is InChI=1S/C25H22ClF8N11O/c26-16-7-39-43-20(16)19-15(25(32,33)34)6-37-22(42-19)41-13-1-3-14(4-2-13)45(23(46)38-11-24(29,30)31)18-9-35-17(8-36-18)12-5-40-44(10-12)21(27)28/h5-10,13-14,21H,1-4,11H2,(H,38,46)(H,39,43)(H,37,41,42). The van der Waals surface area contributed by atoms with Crippen molar-refractivity contribution in [1.29, 1.82) is 0 Å². The van der Waals surface area contributed by atoms with E-state index in [-0.39, 0.29) is 52.6 Å². The Kier molecular flexibility index (Phi) is 9.27. The van der Waals surface area contributed by atoms with E-state index in [1.54, 1.807) is 0 Å². The van der Waals surface area contributed by atoms with Crippen LogP contribution in [0.25, 0.3) is 22.6 Å². The summed E-state index contributed by atoms with van der Waals surface area (Å²) in [5.41, 5.74) is -1.48. The summed E-state index contributed by atoms with van der Waals surface area (Å²) < 4.78 is 106. The molecule has 0 saturated heterocycles. The van der Waals surface area contributed by atoms with Crippen LogP contribution in [0.5, 0.6) is 0 Å². The summed E-state index contributed by atoms with van der Waals surface area (Å²) in [5.74, 6) is -0.221. The zero-order chi connectivity index (χ0) is 33.2. The third kappa shape index (κ3) is 7.60. The maximum atomic E-state index is 13.6. The molecule has 0 radical (unpaired) electrons. The normalized spacial score (nSPS) is 17.3. The number of H-pyrrole nitrogens is 1. The van der Waals surface area contributed by atoms with Crippen molar-refractivity contribution in [3.8, 4) is 22.6 Å². The summed E-state index contributed by atoms with van der Waals surface area (Å²) in [4.78, 5) is 30.1. The number of amides is 2. The molecule has 1 aliphatic carbocycles. The van der Waals surface area contributed by atoms with Crippen molar-refractivity contribution in [3.63, 3.8) is 0 Å². The van der Waals surface area contributed by atoms with Crippen LogP contribution in [0.15, 0.2) is 37.2 Å². The molecule has 12 nitrogen and oxygen atoms in total. The minimum Gasteiger partial charge on any atom is -0.351 e. The van der Waals surface area contributed by atoms with Gasteiger partial charge in [0.1, 0.15) is 23.5 Å². The number of nitrogens with one attached hydrogen (secondary N) is 3. The molecule has 1 fully saturated rings. The van der Waals surface area contributed by atoms with Crippen molar-refractivity contribution < 1.29 is 39.9 Å². The van der Waals surface area contributed by atoms with Gasteiger partial charge in [0.2, 0.25) is 5.95 Å². The number of alkyl halides is 8. The number of urea groups is 1. The van der Waals surface area contributed by atoms with Gasteiger partial charge in [-0.3, -0.25) is 15.0 Å². The fourth-order valence-corrected chi connectivity index (χ4v) is 5.02. The van der Waals surface area contributed by atoms with Crippen molar-refractivity contribution in [1.82, 2.24) is 45.2 Å². The smallest absolute Gasteiger partial charge is 0.351 e. The number of halogens is 9. The van der Waals surface area contributed by atoms with E-state index in [2.05, 4.69) is 40.5 Å². The number of carbonyl (C=O) groups excluding carboxylic acids is 1. The molecule has 0 spiro atoms. The monoisotopic (exact) mass is 679 g/mol. The van der Waals surface area contributed by atoms with E-state index >= 15 is 0 Å². The van der Waals surface area contributed by atoms with E-state index in [4.69, 9.17) is 11.6 Å². The predicted molar refractivity (Wildman–Crippen MR) is 146 cm³/mol. The lowest BCUT2D eigenvalue weighted by atomic mass is 9.90. The van der Waals surface area contributed by atoms with Crippen LogP contribution < -0.4 is 15.5 Å². The maximum Gasteiger partial charge on any atom is 0.420 e. The lowest BCUT2D eigenvalue weighted by molar-refractivity contribution is -0.137. The van der Waals surface area contributed by atoms with E-state index < -0.39 is 48.8 Å². The summed E-state index contributed by atoms with van der Waals surface area (Å²) in [6.45, 7) is -4.49. The minimum absolute atomic E-state index is 0.0843. The summed E-state index contributed by atoms with van der Waals surface area (Å²) >= 11 is 5.98. The molecule has 21 heteroatoms. The van der Waals surface area contributed by atoms with Gasteiger partial charge in [-0.15, -0.1) is 0 Å². The fourth-order valence-electron chi connectivity index (χ4n) is 4.84. The second-order valence-corrected chi connectivity index (χ2v) is 10.5. The van der Waals surface area contributed by atoms with E-state index in [9.17, 15) is 39.9 Å². The molecule has 0 aliphatic heterocycles. The van der Waals surface area contributed by atoms with Crippen LogP contribution in [-0.2, 0) is 6.18 Å². The first-order valence-electron chi connectivity index (χ1n) is 13.4. The van der Waals surface area contributed by atoms with Gasteiger partial charge in [-0.05, 0) is 25.7 Å². The molecule has 4 aromatic rings. The van der Waals surface area contributed by atoms with E-state index in [1.165, 1.54) is 6.20 Å². The van der Waals surface area contributed by atoms with Crippen LogP contribution >= 0.6 is 11.6 Å². The fraction of sp³-hybridized carbons (Fsp3) is 0.400. The summed E-state index contributed by atoms with van der Waals surface area (Å²) in [5, 5.41) is 14.2. The summed E-state index contributed by atoms with van der Waals surface area (Å²) in [6.07, 6.45) is -2.17. The Hall–Kier alpha value is -4.62. The van der Waals surface area contributed by atoms with E-state index in [1.807, 2.05) is 5.32 Å². The molecule has 0 atom stereocenters. The zero-order valence-corrected chi connectivity index (χ0v) is 23.9. The van der Waals surface area contributed by atoms with Crippen LogP contribution in [0.3, 0.4) is 0 Å². The second-order valence-electron chi connectivity index (χ2n) is 10.1. The number of aromatic amines is 1. The Labute approximate surface area is 258 Å². The highest BCUT2D eigenvalue weighted by molar-refractivity contribution is 6.32. The van der Waals surface area contributed by atoms with Crippen LogP contribution in [0.1, 0.15) is 37.8 Å². The van der Waals surface area contributed by atoms with Gasteiger partial charge in [-0.25, -0.2) is 24.4 Å². The number of hydrogen-bond acceptors (Lipinski definition) is 8. The molecule has 2 amide bonds. The van der Waals surface area contributed by atoms with E-state index in [0.29, 0.717) is 23.7 Å². The highest BCUT2D eigenvalue weighted by Gasteiger charge is 2.37. The lowest BCUT2D eigenvalue weighted by Crippen LogP contribution is -2.50. The molecule has 4 heterocycles. The van der Waals surface area contributed by atoms with Crippen LogP contribution in [-0.4, -0.2) is 70.7 Å². The number of hydrogen-bond donors (Lipinski definition) is 3. The Morgan fingerprint density at radius 2 is 1.76 bits per heavy atom. The van der Waals surface area contributed by atoms with Gasteiger partial charge in [-0.2, -0.15) is 45.3 Å². The highest BCUT2D eigenvalue weighted by Crippen LogP contribution is 2.38. The van der Waals surface area contributed by atoms with Crippen LogP contribution in [0.2, 0.25) is 5.02 Å². The van der Waals surface area contributed by atoms with Crippen molar-refractivity contribution in [2.45, 2.75) is 56.7 Å². The van der Waals surface area contributed by atoms with Crippen LogP contribution in [0.4, 0.5) is 51.7 Å². The highest BCUT2D eigenvalue weighted by atomic mass is 35.5. The molecule has 46 heavy (non-hydrogen) atoms. The van der Waals surface area contributed by atoms with Crippen molar-refractivity contribution in [2.24, 2.45) is 0 Å². The third-order valence-electron chi connectivity index (χ3n) is 6.96. The van der Waals surface area contributed by atoms with Crippen molar-refractivity contribution in [3.05, 3.63) is 47.8 Å². The quantitative estimate of drug-likeness (QED) is 0.190. The Balaban J connectivity index is 1.32. The molecule has 0 unspecified atom stereocenters. The average molecular weight is 680 g/mol. The molecule has 5 rings (SSSR count). The number of anilines is 2. The number of aromatic nitrogens is 8. The number of carbonyl (C=O) groups is 1. The minimum atomic E-state index is -4.79. The molecule has 1 saturated carbocycles. The van der Waals surface area contributed by atoms with Gasteiger partial charge in [0.25, 0.3) is 0 Å². The van der Waals surface area contributed by atoms with Gasteiger partial charge >= 0.3 is 24.9 Å². The second kappa shape index (κ2) is 13.0. The Morgan fingerprint density at radius 3 is 2.33 bits per heavy atom. The molecule has 246 valence electrons. The SMILES string of the molecule is O=C(NCC(F)(F)F)N(c1cnc(-c2cnn(C(F)F)c2)cn1)C1CCC(Nc2ncc(C(F)(F)F)c(-c3[nH]ncc3Cl)n2)CC1. The molecule has 3 N–H and O–H groups in total. The number of rotatable bonds is 8. The topological polar surface area (TPSA) is 142 Å². The van der Waals surface area contributed by atoms with Crippen LogP contribution in [0, 0.1) is 0 Å². The first kappa shape index (κ1) is 32.8. The van der Waals surface area contributed by atoms with E-state index in [0.717, 1.165) is 29.7 Å². The van der Waals surface area contributed by atoms with Gasteiger partial charge in [0.15, 0.2) is 5.82 Å². The average Bonchev–Trinajstić information content (AvgIpc) is 3.66. The van der Waals surface area contributed by atoms with Gasteiger partial charge in [-0.1, -0.05) is 11.6 Å². The molecular weight excluding hydrogens is 658 g/mol. The molecule has 0 bridgehead atoms. The molecule has 4 aromatic heterocycles. The van der Waals surface area contributed by atoms with Gasteiger partial charge in [0.05, 0.1) is 35.5 Å². The predicted octanol–water partition coefficient (Wildman–Crippen LogP) is 6.09. The Morgan fingerprint density at radius 1 is 1.02 bits per heavy atom. The first-order chi connectivity index (χ1) is 21.7. The Bertz CT molecular complexity index is 1650. The third-order valence-corrected chi connectivity index (χ3v) is 7.25. The summed E-state index contributed by atoms with van der Waals surface area (Å²) in [6, 6.07) is -2.12. The first-order valence-corrected chi connectivity index (χ1v) is 13.8. The molecular formula is C25H22ClF8N11O. The molecule has 0 aromatic carbocycles. The van der Waals surface area contributed by atoms with Crippen molar-refractivity contribution >= 4 is 29.4 Å². The van der Waals surface area contributed by atoms with Gasteiger partial charge < -0.3 is 10.6 Å². The largest absolute Gasteiger partial charge is 0.420 e. The maximum absolute atomic E-state index is 13.6. The lowest BCUT2D eigenvalue weighted by Gasteiger charge is -2.36. The zero-order valence-electron chi connectivity index (χ0n) is 23.1. The van der Waals surface area contributed by atoms with Crippen molar-refractivity contribution in [2.75, 3.05) is 16.8 Å². The summed E-state index contributed by atoms with van der Waals surface area (Å²) in [7, 11) is 0.